The molecule has 0 aromatic carbocycles. The molecule has 1 aromatic heterocycles. The Balaban J connectivity index is 2.13. The normalized spacial score (nSPS) is 20.9. The lowest BCUT2D eigenvalue weighted by Gasteiger charge is -2.34. The molecule has 1 aliphatic carbocycles. The maximum absolute atomic E-state index is 11.9. The molecule has 0 radical (unpaired) electrons. The quantitative estimate of drug-likeness (QED) is 0.877. The Kier molecular flexibility index (Phi) is 3.99. The van der Waals surface area contributed by atoms with Crippen LogP contribution in [-0.2, 0) is 11.2 Å². The summed E-state index contributed by atoms with van der Waals surface area (Å²) >= 11 is 0. The fourth-order valence-electron chi connectivity index (χ4n) is 2.82. The van der Waals surface area contributed by atoms with Gasteiger partial charge in [0.15, 0.2) is 0 Å². The molecular weight excluding hydrogens is 240 g/mol. The standard InChI is InChI=1S/C15H24N2O2/c1-10-7-11-12(17-14(18)5-6-16-4)8-15(2,3)9-13(11)19-10/h7,12,16H,5-6,8-9H2,1-4H3,(H,17,18). The summed E-state index contributed by atoms with van der Waals surface area (Å²) in [5.41, 5.74) is 1.33. The lowest BCUT2D eigenvalue weighted by Crippen LogP contribution is -2.36. The van der Waals surface area contributed by atoms with Gasteiger partial charge in [-0.1, -0.05) is 13.8 Å². The number of rotatable bonds is 4. The maximum Gasteiger partial charge on any atom is 0.221 e. The number of hydrogen-bond donors (Lipinski definition) is 2. The molecule has 0 fully saturated rings. The number of furan rings is 1. The fraction of sp³-hybridized carbons (Fsp3) is 0.667. The third kappa shape index (κ3) is 3.38. The van der Waals surface area contributed by atoms with E-state index in [2.05, 4.69) is 30.5 Å². The number of hydrogen-bond acceptors (Lipinski definition) is 3. The van der Waals surface area contributed by atoms with E-state index in [1.807, 2.05) is 14.0 Å². The number of aryl methyl sites for hydroxylation is 1. The second kappa shape index (κ2) is 5.37. The van der Waals surface area contributed by atoms with Crippen molar-refractivity contribution in [3.63, 3.8) is 0 Å². The van der Waals surface area contributed by atoms with Crippen LogP contribution < -0.4 is 10.6 Å². The number of carbonyl (C=O) groups is 1. The maximum atomic E-state index is 11.9. The van der Waals surface area contributed by atoms with Crippen molar-refractivity contribution in [2.24, 2.45) is 5.41 Å². The summed E-state index contributed by atoms with van der Waals surface area (Å²) < 4.78 is 5.77. The van der Waals surface area contributed by atoms with Crippen molar-refractivity contribution in [3.8, 4) is 0 Å². The molecule has 2 rings (SSSR count). The fourth-order valence-corrected chi connectivity index (χ4v) is 2.82. The molecule has 1 aromatic rings. The molecule has 106 valence electrons. The first-order chi connectivity index (χ1) is 8.91. The summed E-state index contributed by atoms with van der Waals surface area (Å²) in [6.07, 6.45) is 2.42. The van der Waals surface area contributed by atoms with Crippen LogP contribution in [0.1, 0.15) is 49.8 Å². The van der Waals surface area contributed by atoms with Gasteiger partial charge in [-0.05, 0) is 31.9 Å². The molecule has 0 saturated carbocycles. The molecule has 4 heteroatoms. The van der Waals surface area contributed by atoms with E-state index in [9.17, 15) is 4.79 Å². The van der Waals surface area contributed by atoms with Crippen molar-refractivity contribution in [3.05, 3.63) is 23.2 Å². The number of nitrogens with one attached hydrogen (secondary N) is 2. The van der Waals surface area contributed by atoms with Gasteiger partial charge in [0, 0.05) is 24.9 Å². The molecule has 0 aliphatic heterocycles. The third-order valence-electron chi connectivity index (χ3n) is 3.67. The van der Waals surface area contributed by atoms with Gasteiger partial charge in [-0.2, -0.15) is 0 Å². The highest BCUT2D eigenvalue weighted by molar-refractivity contribution is 5.76. The number of fused-ring (bicyclic) bond motifs is 1. The van der Waals surface area contributed by atoms with Gasteiger partial charge >= 0.3 is 0 Å². The predicted octanol–water partition coefficient (Wildman–Crippen LogP) is 2.33. The highest BCUT2D eigenvalue weighted by atomic mass is 16.3. The zero-order valence-corrected chi connectivity index (χ0v) is 12.3. The van der Waals surface area contributed by atoms with Crippen molar-refractivity contribution in [1.82, 2.24) is 10.6 Å². The number of amides is 1. The third-order valence-corrected chi connectivity index (χ3v) is 3.67. The van der Waals surface area contributed by atoms with Crippen LogP contribution in [0.25, 0.3) is 0 Å². The first-order valence-corrected chi connectivity index (χ1v) is 6.94. The van der Waals surface area contributed by atoms with Gasteiger partial charge in [-0.15, -0.1) is 0 Å². The molecular formula is C15H24N2O2. The van der Waals surface area contributed by atoms with Gasteiger partial charge in [-0.3, -0.25) is 4.79 Å². The Morgan fingerprint density at radius 2 is 2.26 bits per heavy atom. The molecule has 1 aliphatic rings. The minimum Gasteiger partial charge on any atom is -0.466 e. The Labute approximate surface area is 114 Å². The first kappa shape index (κ1) is 14.1. The summed E-state index contributed by atoms with van der Waals surface area (Å²) in [5.74, 6) is 2.06. The average Bonchev–Trinajstić information content (AvgIpc) is 2.65. The average molecular weight is 264 g/mol. The number of carbonyl (C=O) groups excluding carboxylic acids is 1. The van der Waals surface area contributed by atoms with Crippen LogP contribution in [0.2, 0.25) is 0 Å². The molecule has 0 spiro atoms. The van der Waals surface area contributed by atoms with Gasteiger partial charge in [0.1, 0.15) is 11.5 Å². The zero-order valence-electron chi connectivity index (χ0n) is 12.3. The molecule has 19 heavy (non-hydrogen) atoms. The Bertz CT molecular complexity index is 463. The van der Waals surface area contributed by atoms with E-state index in [1.165, 1.54) is 0 Å². The van der Waals surface area contributed by atoms with Crippen LogP contribution in [-0.4, -0.2) is 19.5 Å². The minimum atomic E-state index is 0.0838. The SMILES string of the molecule is CNCCC(=O)NC1CC(C)(C)Cc2oc(C)cc21. The smallest absolute Gasteiger partial charge is 0.221 e. The molecule has 4 nitrogen and oxygen atoms in total. The van der Waals surface area contributed by atoms with Crippen molar-refractivity contribution in [1.29, 1.82) is 0 Å². The van der Waals surface area contributed by atoms with Gasteiger partial charge in [0.25, 0.3) is 0 Å². The predicted molar refractivity (Wildman–Crippen MR) is 75.0 cm³/mol. The lowest BCUT2D eigenvalue weighted by atomic mass is 9.74. The van der Waals surface area contributed by atoms with E-state index in [4.69, 9.17) is 4.42 Å². The second-order valence-corrected chi connectivity index (χ2v) is 6.25. The van der Waals surface area contributed by atoms with Crippen molar-refractivity contribution in [2.75, 3.05) is 13.6 Å². The summed E-state index contributed by atoms with van der Waals surface area (Å²) in [5, 5.41) is 6.14. The van der Waals surface area contributed by atoms with Gasteiger partial charge in [0.2, 0.25) is 5.91 Å². The minimum absolute atomic E-state index is 0.0838. The van der Waals surface area contributed by atoms with E-state index >= 15 is 0 Å². The molecule has 1 unspecified atom stereocenters. The molecule has 2 N–H and O–H groups in total. The van der Waals surface area contributed by atoms with Crippen LogP contribution >= 0.6 is 0 Å². The van der Waals surface area contributed by atoms with Gasteiger partial charge in [-0.25, -0.2) is 0 Å². The molecule has 0 bridgehead atoms. The summed E-state index contributed by atoms with van der Waals surface area (Å²) in [7, 11) is 1.86. The zero-order chi connectivity index (χ0) is 14.0. The molecule has 1 atom stereocenters. The summed E-state index contributed by atoms with van der Waals surface area (Å²) in [6, 6.07) is 2.15. The first-order valence-electron chi connectivity index (χ1n) is 6.94. The van der Waals surface area contributed by atoms with E-state index in [0.717, 1.165) is 29.9 Å². The van der Waals surface area contributed by atoms with Gasteiger partial charge < -0.3 is 15.1 Å². The van der Waals surface area contributed by atoms with E-state index in [1.54, 1.807) is 0 Å². The van der Waals surface area contributed by atoms with Crippen molar-refractivity contribution < 1.29 is 9.21 Å². The van der Waals surface area contributed by atoms with Crippen molar-refractivity contribution in [2.45, 2.75) is 46.1 Å². The molecule has 1 heterocycles. The van der Waals surface area contributed by atoms with Crippen LogP contribution in [0, 0.1) is 12.3 Å². The Hall–Kier alpha value is -1.29. The van der Waals surface area contributed by atoms with Gasteiger partial charge in [0.05, 0.1) is 6.04 Å². The van der Waals surface area contributed by atoms with Crippen molar-refractivity contribution >= 4 is 5.91 Å². The van der Waals surface area contributed by atoms with E-state index in [0.29, 0.717) is 13.0 Å². The van der Waals surface area contributed by atoms with Crippen LogP contribution in [0.3, 0.4) is 0 Å². The highest BCUT2D eigenvalue weighted by Crippen LogP contribution is 2.41. The Morgan fingerprint density at radius 1 is 1.53 bits per heavy atom. The highest BCUT2D eigenvalue weighted by Gasteiger charge is 2.35. The Morgan fingerprint density at radius 3 is 2.95 bits per heavy atom. The molecule has 0 saturated heterocycles. The topological polar surface area (TPSA) is 54.3 Å². The van der Waals surface area contributed by atoms with E-state index < -0.39 is 0 Å². The van der Waals surface area contributed by atoms with Crippen LogP contribution in [0.15, 0.2) is 10.5 Å². The lowest BCUT2D eigenvalue weighted by molar-refractivity contribution is -0.122. The summed E-state index contributed by atoms with van der Waals surface area (Å²) in [4.78, 5) is 11.9. The largest absolute Gasteiger partial charge is 0.466 e. The van der Waals surface area contributed by atoms with E-state index in [-0.39, 0.29) is 17.4 Å². The second-order valence-electron chi connectivity index (χ2n) is 6.25. The van der Waals surface area contributed by atoms with Crippen LogP contribution in [0.4, 0.5) is 0 Å². The monoisotopic (exact) mass is 264 g/mol. The van der Waals surface area contributed by atoms with Crippen LogP contribution in [0.5, 0.6) is 0 Å². The molecule has 1 amide bonds. The summed E-state index contributed by atoms with van der Waals surface area (Å²) in [6.45, 7) is 7.12.